The summed E-state index contributed by atoms with van der Waals surface area (Å²) < 4.78 is 1.77. The average Bonchev–Trinajstić information content (AvgIpc) is 2.61. The molecule has 0 aromatic carbocycles. The van der Waals surface area contributed by atoms with Gasteiger partial charge in [0, 0.05) is 6.54 Å². The molecule has 0 aliphatic rings. The van der Waals surface area contributed by atoms with E-state index in [0.717, 1.165) is 25.1 Å². The molecule has 1 aromatic rings. The molecule has 1 aromatic heterocycles. The molecule has 15 heavy (non-hydrogen) atoms. The molecule has 0 radical (unpaired) electrons. The van der Waals surface area contributed by atoms with Crippen LogP contribution in [-0.2, 0) is 6.54 Å². The maximum Gasteiger partial charge on any atom is 0.0999 e. The Bertz CT molecular complexity index is 308. The third-order valence-corrected chi connectivity index (χ3v) is 3.20. The minimum absolute atomic E-state index is 0.254. The highest BCUT2D eigenvalue weighted by Crippen LogP contribution is 2.31. The Morgan fingerprint density at radius 2 is 2.00 bits per heavy atom. The van der Waals surface area contributed by atoms with Crippen LogP contribution in [0.3, 0.4) is 0 Å². The Hall–Kier alpha value is -0.540. The molecule has 1 rings (SSSR count). The number of rotatable bonds is 5. The molecule has 0 saturated heterocycles. The van der Waals surface area contributed by atoms with E-state index in [4.69, 9.17) is 11.6 Å². The van der Waals surface area contributed by atoms with Gasteiger partial charge in [-0.25, -0.2) is 0 Å². The smallest absolute Gasteiger partial charge is 0.0999 e. The molecule has 4 heteroatoms. The predicted octanol–water partition coefficient (Wildman–Crippen LogP) is 3.03. The molecule has 86 valence electrons. The number of halogens is 1. The summed E-state index contributed by atoms with van der Waals surface area (Å²) in [6.45, 7) is 6.89. The Balaban J connectivity index is 2.97. The van der Waals surface area contributed by atoms with Gasteiger partial charge in [0.25, 0.3) is 0 Å². The first-order valence-corrected chi connectivity index (χ1v) is 5.92. The lowest BCUT2D eigenvalue weighted by molar-refractivity contribution is 0.0944. The quantitative estimate of drug-likeness (QED) is 0.845. The summed E-state index contributed by atoms with van der Waals surface area (Å²) in [5.74, 6) is 0.254. The average molecular weight is 231 g/mol. The highest BCUT2D eigenvalue weighted by molar-refractivity contribution is 6.31. The van der Waals surface area contributed by atoms with Gasteiger partial charge in [-0.15, -0.1) is 0 Å². The van der Waals surface area contributed by atoms with Gasteiger partial charge >= 0.3 is 0 Å². The summed E-state index contributed by atoms with van der Waals surface area (Å²) in [6, 6.07) is 0. The molecule has 0 amide bonds. The monoisotopic (exact) mass is 230 g/mol. The molecular weight excluding hydrogens is 212 g/mol. The lowest BCUT2D eigenvalue weighted by atomic mass is 9.94. The van der Waals surface area contributed by atoms with Crippen molar-refractivity contribution in [3.8, 4) is 0 Å². The Labute approximate surface area is 96.1 Å². The van der Waals surface area contributed by atoms with Gasteiger partial charge in [-0.1, -0.05) is 38.3 Å². The fourth-order valence-corrected chi connectivity index (χ4v) is 2.13. The molecular formula is C11H19ClN2O. The van der Waals surface area contributed by atoms with Gasteiger partial charge in [0.15, 0.2) is 0 Å². The van der Waals surface area contributed by atoms with E-state index in [9.17, 15) is 5.11 Å². The number of nitrogens with zero attached hydrogens (tertiary/aromatic N) is 2. The van der Waals surface area contributed by atoms with Crippen molar-refractivity contribution in [2.75, 3.05) is 0 Å². The van der Waals surface area contributed by atoms with Crippen LogP contribution in [0.4, 0.5) is 0 Å². The van der Waals surface area contributed by atoms with Crippen LogP contribution < -0.4 is 0 Å². The van der Waals surface area contributed by atoms with Crippen LogP contribution in [0.25, 0.3) is 0 Å². The van der Waals surface area contributed by atoms with E-state index in [0.29, 0.717) is 5.02 Å². The van der Waals surface area contributed by atoms with E-state index in [1.165, 1.54) is 0 Å². The fraction of sp³-hybridized carbons (Fsp3) is 0.727. The maximum absolute atomic E-state index is 10.2. The van der Waals surface area contributed by atoms with Gasteiger partial charge < -0.3 is 5.11 Å². The highest BCUT2D eigenvalue weighted by Gasteiger charge is 2.23. The molecule has 0 spiro atoms. The van der Waals surface area contributed by atoms with Gasteiger partial charge in [0.1, 0.15) is 0 Å². The van der Waals surface area contributed by atoms with E-state index in [1.807, 2.05) is 6.92 Å². The summed E-state index contributed by atoms with van der Waals surface area (Å²) in [6.07, 6.45) is 2.99. The van der Waals surface area contributed by atoms with Crippen LogP contribution >= 0.6 is 11.6 Å². The van der Waals surface area contributed by atoms with Crippen LogP contribution in [0.1, 0.15) is 45.4 Å². The van der Waals surface area contributed by atoms with Crippen LogP contribution in [0.15, 0.2) is 6.20 Å². The van der Waals surface area contributed by atoms with Crippen molar-refractivity contribution in [1.29, 1.82) is 0 Å². The van der Waals surface area contributed by atoms with Gasteiger partial charge in [-0.05, 0) is 12.8 Å². The predicted molar refractivity (Wildman–Crippen MR) is 61.9 cm³/mol. The number of aliphatic hydroxyl groups is 1. The van der Waals surface area contributed by atoms with Crippen LogP contribution in [0, 0.1) is 5.92 Å². The first-order valence-electron chi connectivity index (χ1n) is 5.54. The molecule has 1 unspecified atom stereocenters. The lowest BCUT2D eigenvalue weighted by Gasteiger charge is -2.21. The molecule has 1 atom stereocenters. The van der Waals surface area contributed by atoms with E-state index in [2.05, 4.69) is 18.9 Å². The molecule has 3 nitrogen and oxygen atoms in total. The second-order valence-corrected chi connectivity index (χ2v) is 4.12. The van der Waals surface area contributed by atoms with E-state index in [-0.39, 0.29) is 5.92 Å². The number of aliphatic hydroxyl groups excluding tert-OH is 1. The third-order valence-electron chi connectivity index (χ3n) is 2.91. The van der Waals surface area contributed by atoms with E-state index in [1.54, 1.807) is 10.9 Å². The molecule has 0 aliphatic heterocycles. The van der Waals surface area contributed by atoms with Crippen molar-refractivity contribution in [2.24, 2.45) is 5.92 Å². The standard InChI is InChI=1S/C11H19ClN2O/c1-4-8(5-2)11(15)10-9(12)7-13-14(10)6-3/h7-8,11,15H,4-6H2,1-3H3. The summed E-state index contributed by atoms with van der Waals surface area (Å²) in [4.78, 5) is 0. The molecule has 0 bridgehead atoms. The number of aromatic nitrogens is 2. The Kier molecular flexibility index (Phi) is 4.61. The van der Waals surface area contributed by atoms with Gasteiger partial charge in [-0.3, -0.25) is 4.68 Å². The minimum Gasteiger partial charge on any atom is -0.386 e. The molecule has 1 heterocycles. The lowest BCUT2D eigenvalue weighted by Crippen LogP contribution is -2.16. The van der Waals surface area contributed by atoms with Gasteiger partial charge in [-0.2, -0.15) is 5.10 Å². The third kappa shape index (κ3) is 2.52. The van der Waals surface area contributed by atoms with Crippen molar-refractivity contribution >= 4 is 11.6 Å². The minimum atomic E-state index is -0.505. The molecule has 1 N–H and O–H groups in total. The number of hydrogen-bond acceptors (Lipinski definition) is 2. The zero-order valence-electron chi connectivity index (χ0n) is 9.57. The van der Waals surface area contributed by atoms with Crippen LogP contribution in [-0.4, -0.2) is 14.9 Å². The first-order chi connectivity index (χ1) is 7.15. The SMILES string of the molecule is CCC(CC)C(O)c1c(Cl)cnn1CC. The van der Waals surface area contributed by atoms with E-state index < -0.39 is 6.10 Å². The number of hydrogen-bond donors (Lipinski definition) is 1. The van der Waals surface area contributed by atoms with Gasteiger partial charge in [0.05, 0.1) is 23.0 Å². The molecule has 0 aliphatic carbocycles. The van der Waals surface area contributed by atoms with Crippen molar-refractivity contribution in [3.05, 3.63) is 16.9 Å². The number of aryl methyl sites for hydroxylation is 1. The fourth-order valence-electron chi connectivity index (χ4n) is 1.88. The topological polar surface area (TPSA) is 38.1 Å². The Morgan fingerprint density at radius 3 is 2.47 bits per heavy atom. The maximum atomic E-state index is 10.2. The van der Waals surface area contributed by atoms with Gasteiger partial charge in [0.2, 0.25) is 0 Å². The zero-order chi connectivity index (χ0) is 11.4. The van der Waals surface area contributed by atoms with E-state index >= 15 is 0 Å². The largest absolute Gasteiger partial charge is 0.386 e. The molecule has 0 saturated carbocycles. The highest BCUT2D eigenvalue weighted by atomic mass is 35.5. The van der Waals surface area contributed by atoms with Crippen LogP contribution in [0.5, 0.6) is 0 Å². The first kappa shape index (κ1) is 12.5. The van der Waals surface area contributed by atoms with Crippen LogP contribution in [0.2, 0.25) is 5.02 Å². The summed E-state index contributed by atoms with van der Waals surface area (Å²) in [5.41, 5.74) is 0.757. The van der Waals surface area contributed by atoms with Crippen molar-refractivity contribution < 1.29 is 5.11 Å². The Morgan fingerprint density at radius 1 is 1.40 bits per heavy atom. The summed E-state index contributed by atoms with van der Waals surface area (Å²) in [5, 5.41) is 14.9. The molecule has 0 fully saturated rings. The van der Waals surface area contributed by atoms with Crippen molar-refractivity contribution in [3.63, 3.8) is 0 Å². The second kappa shape index (κ2) is 5.52. The summed E-state index contributed by atoms with van der Waals surface area (Å²) in [7, 11) is 0. The second-order valence-electron chi connectivity index (χ2n) is 3.71. The zero-order valence-corrected chi connectivity index (χ0v) is 10.3. The normalized spacial score (nSPS) is 13.5. The summed E-state index contributed by atoms with van der Waals surface area (Å²) >= 11 is 6.03. The van der Waals surface area contributed by atoms with Crippen molar-refractivity contribution in [2.45, 2.75) is 46.3 Å². The van der Waals surface area contributed by atoms with Crippen molar-refractivity contribution in [1.82, 2.24) is 9.78 Å².